The van der Waals surface area contributed by atoms with E-state index >= 15 is 0 Å². The summed E-state index contributed by atoms with van der Waals surface area (Å²) >= 11 is 0. The van der Waals surface area contributed by atoms with Gasteiger partial charge in [-0.1, -0.05) is 47.6 Å². The zero-order valence-electron chi connectivity index (χ0n) is 12.9. The van der Waals surface area contributed by atoms with E-state index in [4.69, 9.17) is 4.52 Å². The van der Waals surface area contributed by atoms with Crippen LogP contribution in [0, 0.1) is 6.92 Å². The lowest BCUT2D eigenvalue weighted by molar-refractivity contribution is 0.102. The molecule has 0 unspecified atom stereocenters. The SMILES string of the molecule is Cc1onc(-c2ccccc2)c1C(=O)Nc1nc2ccccc2[nH]1. The summed E-state index contributed by atoms with van der Waals surface area (Å²) in [5, 5.41) is 6.80. The maximum atomic E-state index is 12.7. The normalized spacial score (nSPS) is 10.9. The number of aromatic amines is 1. The Morgan fingerprint density at radius 2 is 1.83 bits per heavy atom. The summed E-state index contributed by atoms with van der Waals surface area (Å²) in [6.07, 6.45) is 0. The van der Waals surface area contributed by atoms with Crippen molar-refractivity contribution < 1.29 is 9.32 Å². The highest BCUT2D eigenvalue weighted by atomic mass is 16.5. The second kappa shape index (κ2) is 5.66. The van der Waals surface area contributed by atoms with Crippen LogP contribution in [0.1, 0.15) is 16.1 Å². The molecule has 0 aliphatic carbocycles. The van der Waals surface area contributed by atoms with Crippen molar-refractivity contribution in [2.75, 3.05) is 5.32 Å². The fourth-order valence-electron chi connectivity index (χ4n) is 2.61. The van der Waals surface area contributed by atoms with Crippen LogP contribution in [0.15, 0.2) is 59.1 Å². The van der Waals surface area contributed by atoms with Gasteiger partial charge in [-0.15, -0.1) is 0 Å². The third kappa shape index (κ3) is 2.44. The van der Waals surface area contributed by atoms with Gasteiger partial charge in [-0.2, -0.15) is 0 Å². The lowest BCUT2D eigenvalue weighted by atomic mass is 10.1. The largest absolute Gasteiger partial charge is 0.360 e. The Morgan fingerprint density at radius 3 is 2.62 bits per heavy atom. The fourth-order valence-corrected chi connectivity index (χ4v) is 2.61. The molecule has 2 N–H and O–H groups in total. The summed E-state index contributed by atoms with van der Waals surface area (Å²) in [5.74, 6) is 0.537. The quantitative estimate of drug-likeness (QED) is 0.602. The first-order chi connectivity index (χ1) is 11.7. The van der Waals surface area contributed by atoms with Gasteiger partial charge >= 0.3 is 0 Å². The fraction of sp³-hybridized carbons (Fsp3) is 0.0556. The molecule has 118 valence electrons. The molecule has 2 aromatic heterocycles. The van der Waals surface area contributed by atoms with Gasteiger partial charge in [-0.3, -0.25) is 10.1 Å². The molecule has 0 saturated carbocycles. The van der Waals surface area contributed by atoms with E-state index < -0.39 is 0 Å². The van der Waals surface area contributed by atoms with Crippen LogP contribution in [-0.2, 0) is 0 Å². The minimum Gasteiger partial charge on any atom is -0.360 e. The minimum atomic E-state index is -0.313. The van der Waals surface area contributed by atoms with Crippen molar-refractivity contribution in [3.8, 4) is 11.3 Å². The van der Waals surface area contributed by atoms with Crippen molar-refractivity contribution in [3.05, 3.63) is 65.9 Å². The molecule has 0 bridgehead atoms. The molecule has 6 heteroatoms. The van der Waals surface area contributed by atoms with Crippen molar-refractivity contribution in [2.45, 2.75) is 6.92 Å². The number of hydrogen-bond donors (Lipinski definition) is 2. The molecule has 2 aromatic carbocycles. The van der Waals surface area contributed by atoms with E-state index in [0.717, 1.165) is 16.6 Å². The Bertz CT molecular complexity index is 985. The summed E-state index contributed by atoms with van der Waals surface area (Å²) in [6.45, 7) is 1.72. The van der Waals surface area contributed by atoms with Gasteiger partial charge in [0.25, 0.3) is 5.91 Å². The maximum absolute atomic E-state index is 12.7. The van der Waals surface area contributed by atoms with Crippen LogP contribution in [0.2, 0.25) is 0 Å². The molecule has 4 rings (SSSR count). The van der Waals surface area contributed by atoms with E-state index in [1.165, 1.54) is 0 Å². The van der Waals surface area contributed by atoms with Gasteiger partial charge in [-0.25, -0.2) is 4.98 Å². The Labute approximate surface area is 137 Å². The number of para-hydroxylation sites is 2. The molecular weight excluding hydrogens is 304 g/mol. The zero-order chi connectivity index (χ0) is 16.5. The molecule has 2 heterocycles. The number of carbonyl (C=O) groups is 1. The second-order valence-corrected chi connectivity index (χ2v) is 5.39. The van der Waals surface area contributed by atoms with E-state index in [-0.39, 0.29) is 5.91 Å². The molecular formula is C18H14N4O2. The van der Waals surface area contributed by atoms with Crippen LogP contribution in [0.4, 0.5) is 5.95 Å². The Morgan fingerprint density at radius 1 is 1.08 bits per heavy atom. The minimum absolute atomic E-state index is 0.313. The molecule has 1 amide bonds. The molecule has 0 aliphatic rings. The summed E-state index contributed by atoms with van der Waals surface area (Å²) in [6, 6.07) is 17.0. The molecule has 4 aromatic rings. The van der Waals surface area contributed by atoms with Gasteiger partial charge in [0.05, 0.1) is 11.0 Å². The lowest BCUT2D eigenvalue weighted by Gasteiger charge is -2.03. The number of benzene rings is 2. The van der Waals surface area contributed by atoms with Crippen LogP contribution in [0.5, 0.6) is 0 Å². The molecule has 0 fully saturated rings. The molecule has 0 atom stereocenters. The Kier molecular flexibility index (Phi) is 3.35. The average molecular weight is 318 g/mol. The first kappa shape index (κ1) is 14.2. The predicted octanol–water partition coefficient (Wildman–Crippen LogP) is 3.78. The van der Waals surface area contributed by atoms with Gasteiger partial charge in [0.1, 0.15) is 17.0 Å². The Balaban J connectivity index is 1.69. The number of H-pyrrole nitrogens is 1. The van der Waals surface area contributed by atoms with Gasteiger partial charge in [0, 0.05) is 5.56 Å². The topological polar surface area (TPSA) is 83.8 Å². The molecule has 6 nitrogen and oxygen atoms in total. The highest BCUT2D eigenvalue weighted by molar-refractivity contribution is 6.08. The number of imidazole rings is 1. The average Bonchev–Trinajstić information content (AvgIpc) is 3.18. The van der Waals surface area contributed by atoms with Crippen molar-refractivity contribution in [3.63, 3.8) is 0 Å². The first-order valence-electron chi connectivity index (χ1n) is 7.50. The van der Waals surface area contributed by atoms with Gasteiger partial charge in [-0.05, 0) is 19.1 Å². The molecule has 0 spiro atoms. The van der Waals surface area contributed by atoms with E-state index in [1.807, 2.05) is 54.6 Å². The summed E-state index contributed by atoms with van der Waals surface area (Å²) in [7, 11) is 0. The van der Waals surface area contributed by atoms with Crippen LogP contribution >= 0.6 is 0 Å². The second-order valence-electron chi connectivity index (χ2n) is 5.39. The van der Waals surface area contributed by atoms with Gasteiger partial charge < -0.3 is 9.51 Å². The Hall–Kier alpha value is -3.41. The van der Waals surface area contributed by atoms with Crippen LogP contribution in [0.3, 0.4) is 0 Å². The summed E-state index contributed by atoms with van der Waals surface area (Å²) in [4.78, 5) is 20.1. The summed E-state index contributed by atoms with van der Waals surface area (Å²) < 4.78 is 5.23. The number of carbonyl (C=O) groups excluding carboxylic acids is 1. The van der Waals surface area contributed by atoms with E-state index in [0.29, 0.717) is 23.0 Å². The number of fused-ring (bicyclic) bond motifs is 1. The maximum Gasteiger partial charge on any atom is 0.263 e. The smallest absolute Gasteiger partial charge is 0.263 e. The van der Waals surface area contributed by atoms with Crippen LogP contribution in [-0.4, -0.2) is 21.0 Å². The molecule has 24 heavy (non-hydrogen) atoms. The number of hydrogen-bond acceptors (Lipinski definition) is 4. The van der Waals surface area contributed by atoms with Crippen molar-refractivity contribution >= 4 is 22.9 Å². The van der Waals surface area contributed by atoms with Crippen LogP contribution < -0.4 is 5.32 Å². The monoisotopic (exact) mass is 318 g/mol. The standard InChI is InChI=1S/C18H14N4O2/c1-11-15(16(22-24-11)12-7-3-2-4-8-12)17(23)21-18-19-13-9-5-6-10-14(13)20-18/h2-10H,1H3,(H2,19,20,21,23). The molecule has 0 aliphatic heterocycles. The molecule has 0 radical (unpaired) electrons. The predicted molar refractivity (Wildman–Crippen MR) is 90.7 cm³/mol. The number of amides is 1. The molecule has 0 saturated heterocycles. The number of aromatic nitrogens is 3. The number of aryl methyl sites for hydroxylation is 1. The van der Waals surface area contributed by atoms with Gasteiger partial charge in [0.15, 0.2) is 0 Å². The van der Waals surface area contributed by atoms with E-state index in [2.05, 4.69) is 20.4 Å². The van der Waals surface area contributed by atoms with Crippen molar-refractivity contribution in [1.82, 2.24) is 15.1 Å². The third-order valence-electron chi connectivity index (χ3n) is 3.76. The highest BCUT2D eigenvalue weighted by Gasteiger charge is 2.22. The third-order valence-corrected chi connectivity index (χ3v) is 3.76. The number of nitrogens with one attached hydrogen (secondary N) is 2. The summed E-state index contributed by atoms with van der Waals surface area (Å²) in [5.41, 5.74) is 3.39. The number of nitrogens with zero attached hydrogens (tertiary/aromatic N) is 2. The van der Waals surface area contributed by atoms with Crippen molar-refractivity contribution in [1.29, 1.82) is 0 Å². The van der Waals surface area contributed by atoms with E-state index in [1.54, 1.807) is 6.92 Å². The number of rotatable bonds is 3. The van der Waals surface area contributed by atoms with Crippen molar-refractivity contribution in [2.24, 2.45) is 0 Å². The highest BCUT2D eigenvalue weighted by Crippen LogP contribution is 2.26. The van der Waals surface area contributed by atoms with E-state index in [9.17, 15) is 4.79 Å². The van der Waals surface area contributed by atoms with Gasteiger partial charge in [0.2, 0.25) is 5.95 Å². The zero-order valence-corrected chi connectivity index (χ0v) is 12.9. The number of anilines is 1. The van der Waals surface area contributed by atoms with Crippen LogP contribution in [0.25, 0.3) is 22.3 Å². The first-order valence-corrected chi connectivity index (χ1v) is 7.50. The lowest BCUT2D eigenvalue weighted by Crippen LogP contribution is -2.14.